The number of ether oxygens (including phenoxy) is 4. The highest BCUT2D eigenvalue weighted by molar-refractivity contribution is 8.68. The van der Waals surface area contributed by atoms with Crippen LogP contribution in [0.2, 0.25) is 18.1 Å². The molecule has 0 bridgehead atoms. The average Bonchev–Trinajstić information content (AvgIpc) is 4.11. The van der Waals surface area contributed by atoms with E-state index < -0.39 is 44.0 Å². The molecule has 2 saturated heterocycles. The molecule has 3 N–H and O–H groups in total. The number of hydrogen-bond acceptors (Lipinski definition) is 12. The van der Waals surface area contributed by atoms with E-state index in [2.05, 4.69) is 101 Å². The Morgan fingerprint density at radius 2 is 1.51 bits per heavy atom. The summed E-state index contributed by atoms with van der Waals surface area (Å²) >= 11 is 9.14. The lowest BCUT2D eigenvalue weighted by Crippen LogP contribution is -2.50. The fraction of sp³-hybridized carbons (Fsp3) is 0.489. The Morgan fingerprint density at radius 3 is 2.03 bits per heavy atom. The number of H-pyrrole nitrogens is 1. The van der Waals surface area contributed by atoms with Gasteiger partial charge in [-0.1, -0.05) is 121 Å². The molecule has 4 heterocycles. The summed E-state index contributed by atoms with van der Waals surface area (Å²) in [5.41, 5.74) is 2.32. The molecule has 372 valence electrons. The summed E-state index contributed by atoms with van der Waals surface area (Å²) in [7, 11) is 6.49. The van der Waals surface area contributed by atoms with Crippen LogP contribution in [0.3, 0.4) is 0 Å². The second-order valence-electron chi connectivity index (χ2n) is 17.4. The zero-order valence-corrected chi connectivity index (χ0v) is 47.2. The van der Waals surface area contributed by atoms with Crippen molar-refractivity contribution >= 4 is 98.1 Å². The van der Waals surface area contributed by atoms with Crippen molar-refractivity contribution < 1.29 is 33.3 Å². The minimum absolute atomic E-state index is 0.0119. The molecule has 5 aromatic rings. The van der Waals surface area contributed by atoms with Crippen molar-refractivity contribution in [2.75, 3.05) is 32.2 Å². The van der Waals surface area contributed by atoms with Gasteiger partial charge in [-0.3, -0.25) is 24.5 Å². The van der Waals surface area contributed by atoms with Gasteiger partial charge in [0.15, 0.2) is 25.7 Å². The van der Waals surface area contributed by atoms with Crippen molar-refractivity contribution in [2.24, 2.45) is 5.92 Å². The van der Waals surface area contributed by atoms with Crippen molar-refractivity contribution in [1.82, 2.24) is 19.5 Å². The molecule has 2 aliphatic heterocycles. The molecule has 2 fully saturated rings. The van der Waals surface area contributed by atoms with Crippen LogP contribution >= 0.6 is 0 Å². The van der Waals surface area contributed by atoms with Crippen molar-refractivity contribution in [3.05, 3.63) is 118 Å². The van der Waals surface area contributed by atoms with E-state index in [1.807, 2.05) is 75.4 Å². The van der Waals surface area contributed by atoms with Crippen LogP contribution in [0.15, 0.2) is 90.0 Å². The van der Waals surface area contributed by atoms with Gasteiger partial charge in [0.05, 0.1) is 20.0 Å². The molecule has 2 aliphatic rings. The number of nitrogens with one attached hydrogen (secondary N) is 2. The highest BCUT2D eigenvalue weighted by Gasteiger charge is 2.52. The minimum atomic E-state index is -2.50. The number of rotatable bonds is 12. The number of aryl methyl sites for hydroxylation is 1. The SMILES string of the molecule is C1CCOC1.CC.COc1ccc(C(OC[C@H]2O[C@@H](n3cnc4c(=O)[nH]c(NC(=O)C(C)C)nc43)[C@@H](O)C2O[Si](C)(C)C(C)(C)C)(c2ccccc2)c2ccc(C)cc2)cc1.S=S=S=S=S=S=S. The molecule has 0 aliphatic carbocycles. The van der Waals surface area contributed by atoms with Gasteiger partial charge in [-0.05, 0) is 66.7 Å². The smallest absolute Gasteiger partial charge is 0.280 e. The molecule has 0 radical (unpaired) electrons. The van der Waals surface area contributed by atoms with Crippen molar-refractivity contribution in [2.45, 2.75) is 117 Å². The molecule has 68 heavy (non-hydrogen) atoms. The fourth-order valence-electron chi connectivity index (χ4n) is 6.97. The van der Waals surface area contributed by atoms with Gasteiger partial charge < -0.3 is 28.5 Å². The lowest BCUT2D eigenvalue weighted by Gasteiger charge is -2.41. The number of imidazole rings is 1. The minimum Gasteiger partial charge on any atom is -0.497 e. The van der Waals surface area contributed by atoms with Gasteiger partial charge in [-0.2, -0.15) is 4.98 Å². The Hall–Kier alpha value is -3.16. The number of anilines is 1. The number of benzene rings is 3. The zero-order valence-electron chi connectivity index (χ0n) is 40.5. The predicted molar refractivity (Wildman–Crippen MR) is 293 cm³/mol. The van der Waals surface area contributed by atoms with E-state index in [0.29, 0.717) is 5.75 Å². The van der Waals surface area contributed by atoms with Gasteiger partial charge in [-0.25, -0.2) is 4.98 Å². The molecule has 2 aromatic heterocycles. The van der Waals surface area contributed by atoms with Gasteiger partial charge in [-0.15, -0.1) is 0 Å². The summed E-state index contributed by atoms with van der Waals surface area (Å²) in [4.78, 5) is 37.0. The summed E-state index contributed by atoms with van der Waals surface area (Å²) in [5.74, 6) is 0.0305. The number of fused-ring (bicyclic) bond motifs is 1. The first-order chi connectivity index (χ1) is 32.5. The number of methoxy groups -OCH3 is 1. The van der Waals surface area contributed by atoms with Crippen LogP contribution in [0.1, 0.15) is 89.8 Å². The van der Waals surface area contributed by atoms with Gasteiger partial charge in [0.2, 0.25) is 11.9 Å². The molecule has 21 heteroatoms. The van der Waals surface area contributed by atoms with Crippen LogP contribution in [0, 0.1) is 12.8 Å². The molecule has 5 atom stereocenters. The number of nitrogens with zero attached hydrogens (tertiary/aromatic N) is 3. The number of carbonyl (C=O) groups is 1. The third-order valence-corrected chi connectivity index (χ3v) is 24.9. The van der Waals surface area contributed by atoms with Gasteiger partial charge in [0, 0.05) is 85.9 Å². The van der Waals surface area contributed by atoms with Crippen molar-refractivity contribution in [1.29, 1.82) is 0 Å². The quantitative estimate of drug-likeness (QED) is 0.0810. The molecule has 3 aromatic carbocycles. The first kappa shape index (κ1) is 57.4. The standard InChI is InChI=1S/C41H51N5O7Si.C4H8O.C2H6.S7/c1-25(2)36(48)44-39-43-35-32(37(49)45-39)42-24-46(35)38-33(47)34(53-54(8,9)40(4,5)6)31(52-38)23-51-41(27-13-11-10-12-14-27,28-17-15-26(3)16-18-28)29-19-21-30(50-7)22-20-29;1-2-4-5-3-1;1-2;1-3-5-7-6-4-2/h10-22,24-25,31,33-34,38,47H,23H2,1-9H3,(H2,43,44,45,48,49);1-4H2;1-2H3;/t31-,33+,34?,38-,41?;;;/m1.../s1. The Bertz CT molecular complexity index is 2640. The summed E-state index contributed by atoms with van der Waals surface area (Å²) in [6.07, 6.45) is 0.127. The second kappa shape index (κ2) is 27.4. The van der Waals surface area contributed by atoms with Crippen LogP contribution in [0.25, 0.3) is 11.2 Å². The highest BCUT2D eigenvalue weighted by atomic mass is 33.4. The number of aliphatic hydroxyl groups is 1. The van der Waals surface area contributed by atoms with Crippen LogP contribution in [-0.4, -0.2) is 84.1 Å². The first-order valence-corrected chi connectivity index (χ1v) is 33.2. The van der Waals surface area contributed by atoms with Crippen LogP contribution in [-0.2, 0) is 95.8 Å². The summed E-state index contributed by atoms with van der Waals surface area (Å²) in [6, 6.07) is 26.1. The number of amides is 1. The van der Waals surface area contributed by atoms with E-state index in [1.165, 1.54) is 41.5 Å². The Labute approximate surface area is 426 Å². The molecule has 0 saturated carbocycles. The van der Waals surface area contributed by atoms with E-state index >= 15 is 0 Å². The summed E-state index contributed by atoms with van der Waals surface area (Å²) < 4.78 is 32.9. The lowest BCUT2D eigenvalue weighted by molar-refractivity contribution is -0.118. The van der Waals surface area contributed by atoms with Gasteiger partial charge in [0.25, 0.3) is 5.56 Å². The number of aliphatic hydroxyl groups excluding tert-OH is 1. The number of hydrogen-bond donors (Lipinski definition) is 3. The Balaban J connectivity index is 0.000000626. The molecule has 7 rings (SSSR count). The summed E-state index contributed by atoms with van der Waals surface area (Å²) in [5, 5.41) is 14.6. The third-order valence-electron chi connectivity index (χ3n) is 11.6. The van der Waals surface area contributed by atoms with Crippen molar-refractivity contribution in [3.8, 4) is 5.75 Å². The van der Waals surface area contributed by atoms with E-state index in [-0.39, 0.29) is 40.6 Å². The number of aromatic nitrogens is 4. The lowest BCUT2D eigenvalue weighted by atomic mass is 9.79. The van der Waals surface area contributed by atoms with Gasteiger partial charge >= 0.3 is 0 Å². The van der Waals surface area contributed by atoms with Crippen LogP contribution in [0.5, 0.6) is 5.75 Å². The number of carbonyl (C=O) groups excluding carboxylic acids is 1. The topological polar surface area (TPSA) is 159 Å². The summed E-state index contributed by atoms with van der Waals surface area (Å²) in [6.45, 7) is 22.2. The normalized spacial score (nSPS) is 18.6. The number of aromatic amines is 1. The molecule has 13 nitrogen and oxygen atoms in total. The maximum Gasteiger partial charge on any atom is 0.280 e. The van der Waals surface area contributed by atoms with Crippen molar-refractivity contribution in [3.63, 3.8) is 0 Å². The Kier molecular flexibility index (Phi) is 23.2. The van der Waals surface area contributed by atoms with Crippen LogP contribution < -0.4 is 15.6 Å². The average molecular weight is 1080 g/mol. The molecular weight excluding hydrogens is 1020 g/mol. The third kappa shape index (κ3) is 14.9. The maximum absolute atomic E-state index is 13.1. The van der Waals surface area contributed by atoms with E-state index in [1.54, 1.807) is 47.6 Å². The highest BCUT2D eigenvalue weighted by Crippen LogP contribution is 2.45. The monoisotopic (exact) mass is 1080 g/mol. The predicted octanol–water partition coefficient (Wildman–Crippen LogP) is 8.49. The molecule has 2 unspecified atom stereocenters. The van der Waals surface area contributed by atoms with Crippen LogP contribution in [0.4, 0.5) is 5.95 Å². The molecule has 1 amide bonds. The fourth-order valence-corrected chi connectivity index (χ4v) is 16.5. The van der Waals surface area contributed by atoms with E-state index in [0.717, 1.165) is 35.5 Å². The second-order valence-corrected chi connectivity index (χ2v) is 31.0. The maximum atomic E-state index is 13.1. The molecular formula is C47H65N5O8S7Si. The largest absolute Gasteiger partial charge is 0.497 e. The van der Waals surface area contributed by atoms with E-state index in [9.17, 15) is 14.7 Å². The first-order valence-electron chi connectivity index (χ1n) is 22.3. The van der Waals surface area contributed by atoms with Gasteiger partial charge in [0.1, 0.15) is 29.7 Å². The molecule has 0 spiro atoms. The Morgan fingerprint density at radius 1 is 0.941 bits per heavy atom. The zero-order chi connectivity index (χ0) is 50.1. The van der Waals surface area contributed by atoms with E-state index in [4.69, 9.17) is 23.4 Å².